The van der Waals surface area contributed by atoms with E-state index in [4.69, 9.17) is 11.6 Å². The third-order valence-electron chi connectivity index (χ3n) is 2.28. The second kappa shape index (κ2) is 6.95. The Morgan fingerprint density at radius 1 is 1.55 bits per heavy atom. The molecule has 8 nitrogen and oxygen atoms in total. The second-order valence-corrected chi connectivity index (χ2v) is 5.98. The maximum absolute atomic E-state index is 12.0. The fraction of sp³-hybridized carbons (Fsp3) is 0.400. The Hall–Kier alpha value is -1.26. The highest BCUT2D eigenvalue weighted by atomic mass is 35.5. The lowest BCUT2D eigenvalue weighted by Crippen LogP contribution is -2.34. The third kappa shape index (κ3) is 4.39. The number of nitrogens with one attached hydrogen (secondary N) is 1. The van der Waals surface area contributed by atoms with Crippen molar-refractivity contribution in [1.82, 2.24) is 4.72 Å². The minimum atomic E-state index is -4.06. The lowest BCUT2D eigenvalue weighted by molar-refractivity contribution is -0.385. The van der Waals surface area contributed by atoms with Crippen LogP contribution in [-0.4, -0.2) is 44.8 Å². The van der Waals surface area contributed by atoms with Gasteiger partial charge in [-0.15, -0.1) is 0 Å². The molecule has 1 rings (SSSR count). The van der Waals surface area contributed by atoms with Crippen molar-refractivity contribution in [3.63, 3.8) is 0 Å². The molecule has 0 amide bonds. The first-order chi connectivity index (χ1) is 9.27. The average Bonchev–Trinajstić information content (AvgIpc) is 2.37. The number of methoxy groups -OCH3 is 1. The Balaban J connectivity index is 2.97. The van der Waals surface area contributed by atoms with Crippen molar-refractivity contribution in [3.05, 3.63) is 33.3 Å². The molecule has 0 spiro atoms. The number of ether oxygens (including phenoxy) is 1. The van der Waals surface area contributed by atoms with Crippen LogP contribution >= 0.6 is 11.6 Å². The summed E-state index contributed by atoms with van der Waals surface area (Å²) in [4.78, 5) is 9.49. The number of aliphatic hydroxyl groups excluding tert-OH is 1. The molecule has 112 valence electrons. The molecule has 1 aromatic rings. The molecule has 1 atom stereocenters. The Morgan fingerprint density at radius 3 is 2.75 bits per heavy atom. The molecule has 0 aliphatic heterocycles. The molecule has 0 heterocycles. The van der Waals surface area contributed by atoms with Gasteiger partial charge in [0, 0.05) is 25.8 Å². The number of aliphatic hydroxyl groups is 1. The van der Waals surface area contributed by atoms with E-state index in [9.17, 15) is 23.6 Å². The van der Waals surface area contributed by atoms with Crippen LogP contribution in [0.25, 0.3) is 0 Å². The Morgan fingerprint density at radius 2 is 2.20 bits per heavy atom. The summed E-state index contributed by atoms with van der Waals surface area (Å²) in [5, 5.41) is 19.9. The fourth-order valence-electron chi connectivity index (χ4n) is 1.35. The van der Waals surface area contributed by atoms with Crippen LogP contribution in [0, 0.1) is 10.1 Å². The molecule has 0 aliphatic rings. The van der Waals surface area contributed by atoms with Crippen molar-refractivity contribution in [2.75, 3.05) is 20.3 Å². The summed E-state index contributed by atoms with van der Waals surface area (Å²) in [6, 6.07) is 3.08. The largest absolute Gasteiger partial charge is 0.389 e. The molecular weight excluding hydrogens is 312 g/mol. The summed E-state index contributed by atoms with van der Waals surface area (Å²) in [6.45, 7) is -0.347. The number of hydrogen-bond donors (Lipinski definition) is 2. The van der Waals surface area contributed by atoms with Gasteiger partial charge in [-0.3, -0.25) is 10.1 Å². The quantitative estimate of drug-likeness (QED) is 0.558. The highest BCUT2D eigenvalue weighted by Crippen LogP contribution is 2.25. The van der Waals surface area contributed by atoms with Crippen molar-refractivity contribution < 1.29 is 23.2 Å². The smallest absolute Gasteiger partial charge is 0.270 e. The van der Waals surface area contributed by atoms with E-state index in [1.54, 1.807) is 0 Å². The summed E-state index contributed by atoms with van der Waals surface area (Å²) >= 11 is 5.73. The van der Waals surface area contributed by atoms with Crippen LogP contribution in [0.5, 0.6) is 0 Å². The molecule has 0 fully saturated rings. The first kappa shape index (κ1) is 16.8. The van der Waals surface area contributed by atoms with E-state index in [0.717, 1.165) is 18.2 Å². The number of benzene rings is 1. The molecule has 1 unspecified atom stereocenters. The molecular formula is C10H13ClN2O6S. The predicted molar refractivity (Wildman–Crippen MR) is 71.2 cm³/mol. The van der Waals surface area contributed by atoms with E-state index < -0.39 is 31.6 Å². The molecule has 10 heteroatoms. The number of hydrogen-bond acceptors (Lipinski definition) is 6. The van der Waals surface area contributed by atoms with Gasteiger partial charge in [0.1, 0.15) is 4.90 Å². The zero-order valence-corrected chi connectivity index (χ0v) is 12.0. The summed E-state index contributed by atoms with van der Waals surface area (Å²) in [7, 11) is -2.71. The molecule has 0 saturated carbocycles. The molecule has 0 radical (unpaired) electrons. The van der Waals surface area contributed by atoms with Gasteiger partial charge < -0.3 is 9.84 Å². The van der Waals surface area contributed by atoms with E-state index in [-0.39, 0.29) is 18.2 Å². The zero-order valence-electron chi connectivity index (χ0n) is 10.4. The average molecular weight is 325 g/mol. The lowest BCUT2D eigenvalue weighted by Gasteiger charge is -2.12. The molecule has 0 bridgehead atoms. The number of nitrogens with zero attached hydrogens (tertiary/aromatic N) is 1. The molecule has 20 heavy (non-hydrogen) atoms. The van der Waals surface area contributed by atoms with Crippen LogP contribution in [0.15, 0.2) is 23.1 Å². The molecule has 0 saturated heterocycles. The first-order valence-electron chi connectivity index (χ1n) is 5.38. The number of rotatable bonds is 7. The Labute approximate surface area is 120 Å². The Bertz CT molecular complexity index is 591. The van der Waals surface area contributed by atoms with Gasteiger partial charge in [0.15, 0.2) is 0 Å². The maximum atomic E-state index is 12.0. The second-order valence-electron chi connectivity index (χ2n) is 3.83. The van der Waals surface area contributed by atoms with E-state index in [2.05, 4.69) is 9.46 Å². The van der Waals surface area contributed by atoms with Crippen LogP contribution in [0.4, 0.5) is 5.69 Å². The van der Waals surface area contributed by atoms with Gasteiger partial charge in [-0.1, -0.05) is 11.6 Å². The summed E-state index contributed by atoms with van der Waals surface area (Å²) in [5.74, 6) is 0. The van der Waals surface area contributed by atoms with Gasteiger partial charge in [-0.2, -0.15) is 0 Å². The number of nitro groups is 1. The number of halogens is 1. The molecule has 0 aliphatic carbocycles. The van der Waals surface area contributed by atoms with E-state index >= 15 is 0 Å². The minimum Gasteiger partial charge on any atom is -0.389 e. The third-order valence-corrected chi connectivity index (χ3v) is 4.19. The number of sulfonamides is 1. The van der Waals surface area contributed by atoms with E-state index in [1.165, 1.54) is 7.11 Å². The highest BCUT2D eigenvalue weighted by molar-refractivity contribution is 7.89. The Kier molecular flexibility index (Phi) is 5.84. The van der Waals surface area contributed by atoms with Gasteiger partial charge in [0.25, 0.3) is 5.69 Å². The van der Waals surface area contributed by atoms with Gasteiger partial charge in [-0.05, 0) is 6.07 Å². The van der Waals surface area contributed by atoms with E-state index in [0.29, 0.717) is 0 Å². The van der Waals surface area contributed by atoms with Crippen molar-refractivity contribution in [2.45, 2.75) is 11.0 Å². The molecule has 0 aromatic heterocycles. The van der Waals surface area contributed by atoms with Crippen LogP contribution in [-0.2, 0) is 14.8 Å². The van der Waals surface area contributed by atoms with Gasteiger partial charge in [0.2, 0.25) is 10.0 Å². The SMILES string of the molecule is COCC(O)CNS(=O)(=O)c1cc([N+](=O)[O-])ccc1Cl. The normalized spacial score (nSPS) is 13.2. The van der Waals surface area contributed by atoms with E-state index in [1.807, 2.05) is 0 Å². The highest BCUT2D eigenvalue weighted by Gasteiger charge is 2.22. The lowest BCUT2D eigenvalue weighted by atomic mass is 10.3. The van der Waals surface area contributed by atoms with Crippen LogP contribution in [0.1, 0.15) is 0 Å². The number of nitro benzene ring substituents is 1. The predicted octanol–water partition coefficient (Wildman–Crippen LogP) is 0.534. The van der Waals surface area contributed by atoms with Crippen molar-refractivity contribution in [2.24, 2.45) is 0 Å². The van der Waals surface area contributed by atoms with Gasteiger partial charge >= 0.3 is 0 Å². The van der Waals surface area contributed by atoms with Crippen LogP contribution in [0.2, 0.25) is 5.02 Å². The van der Waals surface area contributed by atoms with Crippen molar-refractivity contribution in [3.8, 4) is 0 Å². The van der Waals surface area contributed by atoms with Crippen LogP contribution < -0.4 is 4.72 Å². The summed E-state index contributed by atoms with van der Waals surface area (Å²) in [6.07, 6.45) is -1.03. The summed E-state index contributed by atoms with van der Waals surface area (Å²) in [5.41, 5.74) is -0.396. The van der Waals surface area contributed by atoms with Crippen molar-refractivity contribution >= 4 is 27.3 Å². The summed E-state index contributed by atoms with van der Waals surface area (Å²) < 4.78 is 30.7. The topological polar surface area (TPSA) is 119 Å². The zero-order chi connectivity index (χ0) is 15.3. The standard InChI is InChI=1S/C10H13ClN2O6S/c1-19-6-8(14)5-12-20(17,18)10-4-7(13(15)16)2-3-9(10)11/h2-4,8,12,14H,5-6H2,1H3. The fourth-order valence-corrected chi connectivity index (χ4v) is 2.94. The molecule has 1 aromatic carbocycles. The van der Waals surface area contributed by atoms with Gasteiger partial charge in [-0.25, -0.2) is 13.1 Å². The molecule has 2 N–H and O–H groups in total. The van der Waals surface area contributed by atoms with Crippen LogP contribution in [0.3, 0.4) is 0 Å². The minimum absolute atomic E-state index is 0.0504. The van der Waals surface area contributed by atoms with Gasteiger partial charge in [0.05, 0.1) is 22.7 Å². The monoisotopic (exact) mass is 324 g/mol. The first-order valence-corrected chi connectivity index (χ1v) is 7.24. The maximum Gasteiger partial charge on any atom is 0.270 e. The van der Waals surface area contributed by atoms with Crippen molar-refractivity contribution in [1.29, 1.82) is 0 Å². The number of non-ortho nitro benzene ring substituents is 1.